The van der Waals surface area contributed by atoms with Crippen LogP contribution in [0.1, 0.15) is 42.0 Å². The molecule has 33 heavy (non-hydrogen) atoms. The molecule has 0 amide bonds. The molecule has 1 aliphatic heterocycles. The van der Waals surface area contributed by atoms with E-state index in [1.165, 1.54) is 22.9 Å². The van der Waals surface area contributed by atoms with Gasteiger partial charge in [0, 0.05) is 31.3 Å². The predicted molar refractivity (Wildman–Crippen MR) is 128 cm³/mol. The molecule has 0 saturated heterocycles. The second-order valence-corrected chi connectivity index (χ2v) is 8.32. The number of halogens is 1. The largest absolute Gasteiger partial charge is 0.489 e. The highest BCUT2D eigenvalue weighted by Crippen LogP contribution is 2.32. The molecule has 0 N–H and O–H groups in total. The van der Waals surface area contributed by atoms with Crippen LogP contribution in [0.2, 0.25) is 0 Å². The summed E-state index contributed by atoms with van der Waals surface area (Å²) in [6.07, 6.45) is 2.71. The molecule has 0 aliphatic carbocycles. The van der Waals surface area contributed by atoms with E-state index in [1.807, 2.05) is 18.2 Å². The molecule has 3 aromatic carbocycles. The Kier molecular flexibility index (Phi) is 7.61. The van der Waals surface area contributed by atoms with Crippen LogP contribution in [0.4, 0.5) is 10.1 Å². The lowest BCUT2D eigenvalue weighted by Crippen LogP contribution is -2.28. The molecule has 4 rings (SSSR count). The van der Waals surface area contributed by atoms with Crippen LogP contribution in [-0.2, 0) is 35.5 Å². The Morgan fingerprint density at radius 1 is 1.03 bits per heavy atom. The number of carbonyl (C=O) groups is 1. The van der Waals surface area contributed by atoms with Gasteiger partial charge in [-0.1, -0.05) is 48.5 Å². The van der Waals surface area contributed by atoms with Gasteiger partial charge in [-0.05, 0) is 60.6 Å². The number of nitrogens with zero attached hydrogens (tertiary/aromatic N) is 1. The zero-order valence-corrected chi connectivity index (χ0v) is 19.1. The lowest BCUT2D eigenvalue weighted by atomic mass is 10.0. The van der Waals surface area contributed by atoms with Crippen molar-refractivity contribution >= 4 is 11.7 Å². The van der Waals surface area contributed by atoms with Crippen LogP contribution in [0.5, 0.6) is 5.75 Å². The van der Waals surface area contributed by atoms with Crippen molar-refractivity contribution in [2.75, 3.05) is 18.1 Å². The topological polar surface area (TPSA) is 38.8 Å². The number of hydrogen-bond acceptors (Lipinski definition) is 4. The van der Waals surface area contributed by atoms with Gasteiger partial charge in [0.2, 0.25) is 0 Å². The van der Waals surface area contributed by atoms with Crippen molar-refractivity contribution in [2.45, 2.75) is 45.8 Å². The van der Waals surface area contributed by atoms with Gasteiger partial charge >= 0.3 is 5.97 Å². The summed E-state index contributed by atoms with van der Waals surface area (Å²) < 4.78 is 25.4. The minimum atomic E-state index is -0.320. The Labute approximate surface area is 195 Å². The summed E-state index contributed by atoms with van der Waals surface area (Å²) in [5.41, 5.74) is 5.10. The molecule has 0 saturated carbocycles. The molecule has 0 fully saturated rings. The van der Waals surface area contributed by atoms with E-state index in [2.05, 4.69) is 41.3 Å². The van der Waals surface area contributed by atoms with Crippen LogP contribution in [0.15, 0.2) is 66.7 Å². The third kappa shape index (κ3) is 6.13. The number of carbonyl (C=O) groups excluding carboxylic acids is 1. The number of anilines is 1. The molecule has 172 valence electrons. The van der Waals surface area contributed by atoms with Crippen LogP contribution in [0.3, 0.4) is 0 Å². The maximum Gasteiger partial charge on any atom is 0.306 e. The van der Waals surface area contributed by atoms with E-state index >= 15 is 0 Å². The van der Waals surface area contributed by atoms with E-state index in [-0.39, 0.29) is 24.8 Å². The summed E-state index contributed by atoms with van der Waals surface area (Å²) in [5.74, 6) is 0.151. The first-order valence-corrected chi connectivity index (χ1v) is 11.6. The van der Waals surface area contributed by atoms with Crippen molar-refractivity contribution in [3.63, 3.8) is 0 Å². The van der Waals surface area contributed by atoms with Gasteiger partial charge in [0.25, 0.3) is 0 Å². The van der Waals surface area contributed by atoms with Gasteiger partial charge in [0.15, 0.2) is 0 Å². The molecule has 0 aromatic heterocycles. The first kappa shape index (κ1) is 22.8. The molecule has 5 heteroatoms. The Balaban J connectivity index is 1.39. The van der Waals surface area contributed by atoms with Crippen molar-refractivity contribution in [3.05, 3.63) is 94.8 Å². The minimum Gasteiger partial charge on any atom is -0.489 e. The third-order valence-corrected chi connectivity index (χ3v) is 5.91. The lowest BCUT2D eigenvalue weighted by molar-refractivity contribution is -0.143. The molecule has 0 bridgehead atoms. The van der Waals surface area contributed by atoms with Crippen LogP contribution < -0.4 is 9.64 Å². The standard InChI is InChI=1S/C28H30FNO3/c1-2-32-28(31)15-13-23-11-10-22(17-26(23)29)20-33-25-14-12-24-9-6-16-30(27(24)18-25)19-21-7-4-3-5-8-21/h3-5,7-8,10-12,14,17-18H,2,6,9,13,15-16,19-20H2,1H3. The Morgan fingerprint density at radius 2 is 1.88 bits per heavy atom. The average molecular weight is 448 g/mol. The normalized spacial score (nSPS) is 12.8. The summed E-state index contributed by atoms with van der Waals surface area (Å²) in [7, 11) is 0. The van der Waals surface area contributed by atoms with Crippen molar-refractivity contribution in [2.24, 2.45) is 0 Å². The van der Waals surface area contributed by atoms with Crippen molar-refractivity contribution in [1.29, 1.82) is 0 Å². The summed E-state index contributed by atoms with van der Waals surface area (Å²) >= 11 is 0. The van der Waals surface area contributed by atoms with Crippen LogP contribution in [0.25, 0.3) is 0 Å². The number of rotatable bonds is 9. The maximum absolute atomic E-state index is 14.5. The predicted octanol–water partition coefficient (Wildman–Crippen LogP) is 5.85. The zero-order valence-electron chi connectivity index (χ0n) is 19.1. The van der Waals surface area contributed by atoms with Gasteiger partial charge in [0.05, 0.1) is 6.61 Å². The lowest BCUT2D eigenvalue weighted by Gasteiger charge is -2.31. The second-order valence-electron chi connectivity index (χ2n) is 8.32. The highest BCUT2D eigenvalue weighted by molar-refractivity contribution is 5.69. The van der Waals surface area contributed by atoms with E-state index < -0.39 is 0 Å². The fourth-order valence-corrected chi connectivity index (χ4v) is 4.21. The van der Waals surface area contributed by atoms with Crippen molar-refractivity contribution < 1.29 is 18.7 Å². The molecule has 0 radical (unpaired) electrons. The molecular weight excluding hydrogens is 417 g/mol. The monoisotopic (exact) mass is 447 g/mol. The molecule has 0 spiro atoms. The molecule has 1 heterocycles. The van der Waals surface area contributed by atoms with Crippen molar-refractivity contribution in [1.82, 2.24) is 0 Å². The Bertz CT molecular complexity index is 1080. The number of fused-ring (bicyclic) bond motifs is 1. The zero-order chi connectivity index (χ0) is 23.0. The van der Waals surface area contributed by atoms with E-state index in [0.717, 1.165) is 37.2 Å². The summed E-state index contributed by atoms with van der Waals surface area (Å²) in [6.45, 7) is 4.27. The highest BCUT2D eigenvalue weighted by atomic mass is 19.1. The van der Waals surface area contributed by atoms with Gasteiger partial charge < -0.3 is 14.4 Å². The maximum atomic E-state index is 14.5. The van der Waals surface area contributed by atoms with Crippen LogP contribution in [-0.4, -0.2) is 19.1 Å². The fourth-order valence-electron chi connectivity index (χ4n) is 4.21. The molecule has 1 aliphatic rings. The van der Waals surface area contributed by atoms with E-state index in [4.69, 9.17) is 9.47 Å². The second kappa shape index (κ2) is 11.0. The Morgan fingerprint density at radius 3 is 2.67 bits per heavy atom. The number of ether oxygens (including phenoxy) is 2. The number of aryl methyl sites for hydroxylation is 2. The van der Waals surface area contributed by atoms with Crippen LogP contribution in [0, 0.1) is 5.82 Å². The first-order valence-electron chi connectivity index (χ1n) is 11.6. The fraction of sp³-hybridized carbons (Fsp3) is 0.321. The molecule has 4 nitrogen and oxygen atoms in total. The van der Waals surface area contributed by atoms with Gasteiger partial charge in [-0.25, -0.2) is 4.39 Å². The van der Waals surface area contributed by atoms with Crippen LogP contribution >= 0.6 is 0 Å². The quantitative estimate of drug-likeness (QED) is 0.386. The number of esters is 1. The van der Waals surface area contributed by atoms with Gasteiger partial charge in [0.1, 0.15) is 18.2 Å². The first-order chi connectivity index (χ1) is 16.1. The van der Waals surface area contributed by atoms with E-state index in [9.17, 15) is 9.18 Å². The summed E-state index contributed by atoms with van der Waals surface area (Å²) in [6, 6.07) is 21.8. The highest BCUT2D eigenvalue weighted by Gasteiger charge is 2.18. The average Bonchev–Trinajstić information content (AvgIpc) is 2.83. The van der Waals surface area contributed by atoms with E-state index in [1.54, 1.807) is 13.0 Å². The minimum absolute atomic E-state index is 0.176. The van der Waals surface area contributed by atoms with E-state index in [0.29, 0.717) is 18.6 Å². The van der Waals surface area contributed by atoms with Gasteiger partial charge in [-0.15, -0.1) is 0 Å². The van der Waals surface area contributed by atoms with Crippen molar-refractivity contribution in [3.8, 4) is 5.75 Å². The SMILES string of the molecule is CCOC(=O)CCc1ccc(COc2ccc3c(c2)N(Cc2ccccc2)CCC3)cc1F. The third-order valence-electron chi connectivity index (χ3n) is 5.91. The van der Waals surface area contributed by atoms with Gasteiger partial charge in [-0.2, -0.15) is 0 Å². The molecular formula is C28H30FNO3. The number of hydrogen-bond donors (Lipinski definition) is 0. The molecule has 0 atom stereocenters. The molecule has 0 unspecified atom stereocenters. The molecule has 3 aromatic rings. The van der Waals surface area contributed by atoms with Gasteiger partial charge in [-0.3, -0.25) is 4.79 Å². The number of benzene rings is 3. The summed E-state index contributed by atoms with van der Waals surface area (Å²) in [4.78, 5) is 13.9. The Hall–Kier alpha value is -3.34. The smallest absolute Gasteiger partial charge is 0.306 e. The summed E-state index contributed by atoms with van der Waals surface area (Å²) in [5, 5.41) is 0.